The van der Waals surface area contributed by atoms with Crippen molar-refractivity contribution < 1.29 is 5.11 Å². The number of halogens is 1. The molecule has 0 spiro atoms. The molecule has 0 unspecified atom stereocenters. The summed E-state index contributed by atoms with van der Waals surface area (Å²) in [6.07, 6.45) is 0. The highest BCUT2D eigenvalue weighted by Crippen LogP contribution is 2.37. The normalized spacial score (nSPS) is 11.7. The first-order valence-corrected chi connectivity index (χ1v) is 9.72. The van der Waals surface area contributed by atoms with Crippen molar-refractivity contribution in [1.29, 1.82) is 0 Å². The number of benzene rings is 3. The molecule has 0 atom stereocenters. The number of fused-ring (bicyclic) bond motifs is 2. The molecule has 2 aromatic heterocycles. The standard InChI is InChI=1S/C23H16ClN5O/c1-13-5-4-7-17-19(13)26-22(30)21(17)28-29-23-25-18-8-3-2-6-16(18)20(27-23)14-9-11-15(24)12-10-14/h2-12,26,30H,1H3. The Bertz CT molecular complexity index is 1420. The summed E-state index contributed by atoms with van der Waals surface area (Å²) in [5.41, 5.74) is 4.59. The first-order chi connectivity index (χ1) is 14.6. The molecular weight excluding hydrogens is 398 g/mol. The Hall–Kier alpha value is -3.77. The number of aromatic amines is 1. The van der Waals surface area contributed by atoms with Crippen molar-refractivity contribution in [2.45, 2.75) is 6.92 Å². The Morgan fingerprint density at radius 3 is 2.47 bits per heavy atom. The van der Waals surface area contributed by atoms with Crippen LogP contribution in [-0.4, -0.2) is 20.1 Å². The van der Waals surface area contributed by atoms with Gasteiger partial charge in [-0.25, -0.2) is 9.97 Å². The van der Waals surface area contributed by atoms with E-state index in [9.17, 15) is 5.11 Å². The van der Waals surface area contributed by atoms with Crippen LogP contribution in [0.25, 0.3) is 33.1 Å². The van der Waals surface area contributed by atoms with Gasteiger partial charge in [0, 0.05) is 21.4 Å². The first-order valence-electron chi connectivity index (χ1n) is 9.35. The highest BCUT2D eigenvalue weighted by molar-refractivity contribution is 6.30. The van der Waals surface area contributed by atoms with Gasteiger partial charge in [0.15, 0.2) is 5.69 Å². The molecule has 0 fully saturated rings. The van der Waals surface area contributed by atoms with Gasteiger partial charge in [-0.05, 0) is 30.7 Å². The van der Waals surface area contributed by atoms with Crippen LogP contribution < -0.4 is 0 Å². The van der Waals surface area contributed by atoms with E-state index in [0.717, 1.165) is 38.6 Å². The molecule has 5 rings (SSSR count). The zero-order chi connectivity index (χ0) is 20.7. The second-order valence-electron chi connectivity index (χ2n) is 6.92. The predicted molar refractivity (Wildman–Crippen MR) is 119 cm³/mol. The van der Waals surface area contributed by atoms with E-state index >= 15 is 0 Å². The van der Waals surface area contributed by atoms with Crippen molar-refractivity contribution in [2.75, 3.05) is 0 Å². The zero-order valence-electron chi connectivity index (χ0n) is 16.0. The third-order valence-corrected chi connectivity index (χ3v) is 5.20. The molecule has 0 aliphatic rings. The molecule has 0 radical (unpaired) electrons. The minimum atomic E-state index is -0.0400. The second kappa shape index (κ2) is 7.24. The van der Waals surface area contributed by atoms with E-state index in [-0.39, 0.29) is 11.8 Å². The molecule has 6 nitrogen and oxygen atoms in total. The Morgan fingerprint density at radius 2 is 1.63 bits per heavy atom. The van der Waals surface area contributed by atoms with E-state index in [1.165, 1.54) is 0 Å². The summed E-state index contributed by atoms with van der Waals surface area (Å²) in [6.45, 7) is 1.96. The van der Waals surface area contributed by atoms with Crippen LogP contribution in [0.4, 0.5) is 11.6 Å². The zero-order valence-corrected chi connectivity index (χ0v) is 16.7. The van der Waals surface area contributed by atoms with Crippen molar-refractivity contribution in [1.82, 2.24) is 15.0 Å². The molecule has 146 valence electrons. The molecule has 0 amide bonds. The van der Waals surface area contributed by atoms with Crippen LogP contribution in [0.3, 0.4) is 0 Å². The van der Waals surface area contributed by atoms with E-state index in [0.29, 0.717) is 10.7 Å². The number of H-pyrrole nitrogens is 1. The van der Waals surface area contributed by atoms with E-state index in [1.807, 2.05) is 73.7 Å². The molecule has 5 aromatic rings. The predicted octanol–water partition coefficient (Wildman–Crippen LogP) is 6.86. The van der Waals surface area contributed by atoms with Crippen LogP contribution >= 0.6 is 11.6 Å². The number of aromatic hydroxyl groups is 1. The molecule has 0 aliphatic heterocycles. The van der Waals surface area contributed by atoms with Gasteiger partial charge in [0.2, 0.25) is 5.88 Å². The van der Waals surface area contributed by atoms with Gasteiger partial charge in [0.25, 0.3) is 5.95 Å². The SMILES string of the molecule is Cc1cccc2c(N=Nc3nc(-c4ccc(Cl)cc4)c4ccccc4n3)c(O)[nH]c12. The lowest BCUT2D eigenvalue weighted by Gasteiger charge is -2.06. The maximum absolute atomic E-state index is 10.3. The van der Waals surface area contributed by atoms with Crippen LogP contribution in [0.5, 0.6) is 5.88 Å². The summed E-state index contributed by atoms with van der Waals surface area (Å²) in [5, 5.41) is 21.2. The topological polar surface area (TPSA) is 86.5 Å². The highest BCUT2D eigenvalue weighted by atomic mass is 35.5. The van der Waals surface area contributed by atoms with Crippen molar-refractivity contribution in [2.24, 2.45) is 10.2 Å². The largest absolute Gasteiger partial charge is 0.493 e. The average molecular weight is 414 g/mol. The molecule has 0 bridgehead atoms. The molecule has 0 aliphatic carbocycles. The van der Waals surface area contributed by atoms with E-state index in [1.54, 1.807) is 0 Å². The van der Waals surface area contributed by atoms with Crippen molar-refractivity contribution >= 4 is 45.0 Å². The Morgan fingerprint density at radius 1 is 0.867 bits per heavy atom. The van der Waals surface area contributed by atoms with Gasteiger partial charge in [-0.2, -0.15) is 0 Å². The Balaban J connectivity index is 1.65. The second-order valence-corrected chi connectivity index (χ2v) is 7.35. The van der Waals surface area contributed by atoms with Crippen LogP contribution in [-0.2, 0) is 0 Å². The van der Waals surface area contributed by atoms with Crippen molar-refractivity contribution in [3.05, 3.63) is 77.3 Å². The quantitative estimate of drug-likeness (QED) is 0.316. The van der Waals surface area contributed by atoms with Crippen molar-refractivity contribution in [3.8, 4) is 17.1 Å². The Labute approximate surface area is 176 Å². The monoisotopic (exact) mass is 413 g/mol. The van der Waals surface area contributed by atoms with Gasteiger partial charge < -0.3 is 10.1 Å². The molecule has 30 heavy (non-hydrogen) atoms. The maximum atomic E-state index is 10.3. The maximum Gasteiger partial charge on any atom is 0.270 e. The molecule has 3 aromatic carbocycles. The third kappa shape index (κ3) is 3.17. The van der Waals surface area contributed by atoms with Crippen LogP contribution in [0, 0.1) is 6.92 Å². The number of para-hydroxylation sites is 2. The fourth-order valence-corrected chi connectivity index (χ4v) is 3.59. The lowest BCUT2D eigenvalue weighted by molar-refractivity contribution is 0.459. The number of nitrogens with zero attached hydrogens (tertiary/aromatic N) is 4. The third-order valence-electron chi connectivity index (χ3n) is 4.94. The number of azo groups is 1. The molecular formula is C23H16ClN5O. The van der Waals surface area contributed by atoms with Gasteiger partial charge in [-0.1, -0.05) is 60.1 Å². The van der Waals surface area contributed by atoms with E-state index < -0.39 is 0 Å². The van der Waals surface area contributed by atoms with Crippen LogP contribution in [0.2, 0.25) is 5.02 Å². The van der Waals surface area contributed by atoms with Crippen molar-refractivity contribution in [3.63, 3.8) is 0 Å². The summed E-state index contributed by atoms with van der Waals surface area (Å²) < 4.78 is 0. The summed E-state index contributed by atoms with van der Waals surface area (Å²) in [7, 11) is 0. The number of nitrogens with one attached hydrogen (secondary N) is 1. The fourth-order valence-electron chi connectivity index (χ4n) is 3.47. The van der Waals surface area contributed by atoms with E-state index in [4.69, 9.17) is 11.6 Å². The lowest BCUT2D eigenvalue weighted by atomic mass is 10.1. The summed E-state index contributed by atoms with van der Waals surface area (Å²) in [6, 6.07) is 20.9. The smallest absolute Gasteiger partial charge is 0.270 e. The number of hydrogen-bond acceptors (Lipinski definition) is 5. The first kappa shape index (κ1) is 18.3. The molecule has 0 saturated heterocycles. The van der Waals surface area contributed by atoms with Gasteiger partial charge in [0.1, 0.15) is 0 Å². The number of aryl methyl sites for hydroxylation is 1. The van der Waals surface area contributed by atoms with Gasteiger partial charge in [0.05, 0.1) is 16.7 Å². The molecule has 7 heteroatoms. The number of rotatable bonds is 3. The lowest BCUT2D eigenvalue weighted by Crippen LogP contribution is -1.90. The minimum Gasteiger partial charge on any atom is -0.493 e. The fraction of sp³-hybridized carbons (Fsp3) is 0.0435. The average Bonchev–Trinajstić information content (AvgIpc) is 3.09. The molecule has 2 N–H and O–H groups in total. The van der Waals surface area contributed by atoms with Crippen LogP contribution in [0.1, 0.15) is 5.56 Å². The van der Waals surface area contributed by atoms with Gasteiger partial charge in [-0.3, -0.25) is 0 Å². The number of hydrogen-bond donors (Lipinski definition) is 2. The highest BCUT2D eigenvalue weighted by Gasteiger charge is 2.13. The van der Waals surface area contributed by atoms with Gasteiger partial charge >= 0.3 is 0 Å². The molecule has 2 heterocycles. The molecule has 0 saturated carbocycles. The summed E-state index contributed by atoms with van der Waals surface area (Å²) >= 11 is 6.04. The summed E-state index contributed by atoms with van der Waals surface area (Å²) in [5.74, 6) is 0.168. The minimum absolute atomic E-state index is 0.0400. The Kier molecular flexibility index (Phi) is 4.41. The van der Waals surface area contributed by atoms with Crippen LogP contribution in [0.15, 0.2) is 77.0 Å². The summed E-state index contributed by atoms with van der Waals surface area (Å²) in [4.78, 5) is 12.1. The van der Waals surface area contributed by atoms with Gasteiger partial charge in [-0.15, -0.1) is 10.2 Å². The van der Waals surface area contributed by atoms with E-state index in [2.05, 4.69) is 25.2 Å². The number of aromatic nitrogens is 3.